The summed E-state index contributed by atoms with van der Waals surface area (Å²) in [4.78, 5) is 6.97. The number of hydrogen-bond acceptors (Lipinski definition) is 2. The first-order valence-corrected chi connectivity index (χ1v) is 4.72. The highest BCUT2D eigenvalue weighted by Gasteiger charge is 2.11. The Hall–Kier alpha value is -1.49. The molecule has 1 unspecified atom stereocenters. The van der Waals surface area contributed by atoms with Gasteiger partial charge < -0.3 is 10.7 Å². The molecule has 0 saturated heterocycles. The summed E-state index contributed by atoms with van der Waals surface area (Å²) in [6.45, 7) is 1.92. The quantitative estimate of drug-likeness (QED) is 0.800. The van der Waals surface area contributed by atoms with Crippen LogP contribution in [0.4, 0.5) is 8.78 Å². The maximum Gasteiger partial charge on any atom is 0.161 e. The van der Waals surface area contributed by atoms with Crippen LogP contribution in [-0.2, 0) is 0 Å². The average Bonchev–Trinajstić information content (AvgIpc) is 2.60. The van der Waals surface area contributed by atoms with Gasteiger partial charge in [-0.2, -0.15) is 0 Å². The average molecular weight is 211 g/mol. The van der Waals surface area contributed by atoms with Crippen LogP contribution in [0.15, 0.2) is 12.1 Å². The van der Waals surface area contributed by atoms with E-state index in [1.165, 1.54) is 0 Å². The molecule has 0 spiro atoms. The Balaban J connectivity index is 2.56. The highest BCUT2D eigenvalue weighted by Crippen LogP contribution is 2.19. The van der Waals surface area contributed by atoms with Crippen molar-refractivity contribution < 1.29 is 8.78 Å². The molecule has 1 atom stereocenters. The van der Waals surface area contributed by atoms with Crippen molar-refractivity contribution in [2.45, 2.75) is 19.4 Å². The van der Waals surface area contributed by atoms with Gasteiger partial charge in [-0.3, -0.25) is 0 Å². The number of halogens is 2. The van der Waals surface area contributed by atoms with Gasteiger partial charge in [-0.25, -0.2) is 13.8 Å². The van der Waals surface area contributed by atoms with Crippen molar-refractivity contribution in [2.75, 3.05) is 0 Å². The number of nitrogens with two attached hydrogens (primary N) is 1. The molecule has 1 aromatic carbocycles. The predicted octanol–water partition coefficient (Wildman–Crippen LogP) is 2.25. The van der Waals surface area contributed by atoms with Gasteiger partial charge in [0, 0.05) is 12.1 Å². The van der Waals surface area contributed by atoms with Gasteiger partial charge in [0.25, 0.3) is 0 Å². The summed E-state index contributed by atoms with van der Waals surface area (Å²) in [5.41, 5.74) is 6.61. The van der Waals surface area contributed by atoms with E-state index in [-0.39, 0.29) is 6.04 Å². The van der Waals surface area contributed by atoms with Gasteiger partial charge in [0.15, 0.2) is 11.6 Å². The van der Waals surface area contributed by atoms with Crippen LogP contribution in [0.25, 0.3) is 11.0 Å². The van der Waals surface area contributed by atoms with Gasteiger partial charge >= 0.3 is 0 Å². The second kappa shape index (κ2) is 3.58. The second-order valence-corrected chi connectivity index (χ2v) is 3.42. The topological polar surface area (TPSA) is 54.7 Å². The number of aromatic amines is 1. The van der Waals surface area contributed by atoms with Gasteiger partial charge in [-0.15, -0.1) is 0 Å². The minimum Gasteiger partial charge on any atom is -0.341 e. The number of benzene rings is 1. The number of nitrogens with zero attached hydrogens (tertiary/aromatic N) is 1. The fourth-order valence-corrected chi connectivity index (χ4v) is 1.39. The molecule has 0 amide bonds. The number of rotatable bonds is 2. The van der Waals surface area contributed by atoms with Crippen molar-refractivity contribution in [1.82, 2.24) is 9.97 Å². The Morgan fingerprint density at radius 3 is 2.73 bits per heavy atom. The molecule has 1 aromatic heterocycles. The zero-order chi connectivity index (χ0) is 11.0. The molecule has 0 radical (unpaired) electrons. The molecule has 3 nitrogen and oxygen atoms in total. The maximum atomic E-state index is 12.9. The SMILES string of the molecule is CCC(N)c1nc2cc(F)c(F)cc2[nH]1. The standard InChI is InChI=1S/C10H11F2N3/c1-2-7(13)10-14-8-3-5(11)6(12)4-9(8)15-10/h3-4,7H,2,13H2,1H3,(H,14,15). The Labute approximate surface area is 85.3 Å². The van der Waals surface area contributed by atoms with Gasteiger partial charge in [0.05, 0.1) is 17.1 Å². The molecule has 5 heteroatoms. The number of H-pyrrole nitrogens is 1. The molecule has 0 aliphatic rings. The predicted molar refractivity (Wildman–Crippen MR) is 53.2 cm³/mol. The maximum absolute atomic E-state index is 12.9. The third-order valence-electron chi connectivity index (χ3n) is 2.33. The van der Waals surface area contributed by atoms with Crippen LogP contribution >= 0.6 is 0 Å². The van der Waals surface area contributed by atoms with Crippen LogP contribution in [0.2, 0.25) is 0 Å². The van der Waals surface area contributed by atoms with E-state index in [0.29, 0.717) is 23.3 Å². The normalized spacial score (nSPS) is 13.3. The lowest BCUT2D eigenvalue weighted by molar-refractivity contribution is 0.510. The molecule has 0 saturated carbocycles. The highest BCUT2D eigenvalue weighted by atomic mass is 19.2. The minimum absolute atomic E-state index is 0.233. The third-order valence-corrected chi connectivity index (χ3v) is 2.33. The Morgan fingerprint density at radius 2 is 2.07 bits per heavy atom. The molecular formula is C10H11F2N3. The monoisotopic (exact) mass is 211 g/mol. The molecule has 0 aliphatic carbocycles. The smallest absolute Gasteiger partial charge is 0.161 e. The van der Waals surface area contributed by atoms with E-state index >= 15 is 0 Å². The Bertz CT molecular complexity index is 454. The Morgan fingerprint density at radius 1 is 1.40 bits per heavy atom. The largest absolute Gasteiger partial charge is 0.341 e. The number of hydrogen-bond donors (Lipinski definition) is 2. The van der Waals surface area contributed by atoms with Crippen molar-refractivity contribution in [1.29, 1.82) is 0 Å². The number of aromatic nitrogens is 2. The lowest BCUT2D eigenvalue weighted by Gasteiger charge is -2.02. The van der Waals surface area contributed by atoms with Crippen LogP contribution in [0.3, 0.4) is 0 Å². The van der Waals surface area contributed by atoms with E-state index in [9.17, 15) is 8.78 Å². The van der Waals surface area contributed by atoms with Crippen LogP contribution < -0.4 is 5.73 Å². The summed E-state index contributed by atoms with van der Waals surface area (Å²) >= 11 is 0. The fourth-order valence-electron chi connectivity index (χ4n) is 1.39. The molecule has 2 rings (SSSR count). The van der Waals surface area contributed by atoms with Crippen molar-refractivity contribution in [2.24, 2.45) is 5.73 Å². The summed E-state index contributed by atoms with van der Waals surface area (Å²) in [6.07, 6.45) is 0.713. The molecule has 3 N–H and O–H groups in total. The lowest BCUT2D eigenvalue weighted by Crippen LogP contribution is -2.10. The summed E-state index contributed by atoms with van der Waals surface area (Å²) in [5, 5.41) is 0. The van der Waals surface area contributed by atoms with Gasteiger partial charge in [-0.1, -0.05) is 6.92 Å². The molecule has 0 fully saturated rings. The minimum atomic E-state index is -0.898. The molecular weight excluding hydrogens is 200 g/mol. The van der Waals surface area contributed by atoms with Crippen molar-refractivity contribution in [3.8, 4) is 0 Å². The van der Waals surface area contributed by atoms with Gasteiger partial charge in [-0.05, 0) is 6.42 Å². The van der Waals surface area contributed by atoms with Crippen LogP contribution in [-0.4, -0.2) is 9.97 Å². The van der Waals surface area contributed by atoms with Crippen LogP contribution in [0.1, 0.15) is 25.2 Å². The summed E-state index contributed by atoms with van der Waals surface area (Å²) < 4.78 is 25.8. The molecule has 0 aliphatic heterocycles. The van der Waals surface area contributed by atoms with E-state index < -0.39 is 11.6 Å². The van der Waals surface area contributed by atoms with E-state index in [1.54, 1.807) is 0 Å². The first-order valence-electron chi connectivity index (χ1n) is 4.72. The van der Waals surface area contributed by atoms with E-state index in [2.05, 4.69) is 9.97 Å². The summed E-state index contributed by atoms with van der Waals surface area (Å²) in [5.74, 6) is -1.23. The van der Waals surface area contributed by atoms with Crippen LogP contribution in [0.5, 0.6) is 0 Å². The van der Waals surface area contributed by atoms with Crippen molar-refractivity contribution >= 4 is 11.0 Å². The summed E-state index contributed by atoms with van der Waals surface area (Å²) in [7, 11) is 0. The second-order valence-electron chi connectivity index (χ2n) is 3.42. The molecule has 2 aromatic rings. The fraction of sp³-hybridized carbons (Fsp3) is 0.300. The first-order chi connectivity index (χ1) is 7.11. The lowest BCUT2D eigenvalue weighted by atomic mass is 10.2. The molecule has 80 valence electrons. The van der Waals surface area contributed by atoms with E-state index in [4.69, 9.17) is 5.73 Å². The third kappa shape index (κ3) is 1.70. The molecule has 1 heterocycles. The van der Waals surface area contributed by atoms with Crippen molar-refractivity contribution in [3.05, 3.63) is 29.6 Å². The Kier molecular flexibility index (Phi) is 2.40. The number of imidazole rings is 1. The zero-order valence-corrected chi connectivity index (χ0v) is 8.22. The number of nitrogens with one attached hydrogen (secondary N) is 1. The van der Waals surface area contributed by atoms with Crippen LogP contribution in [0, 0.1) is 11.6 Å². The van der Waals surface area contributed by atoms with Crippen molar-refractivity contribution in [3.63, 3.8) is 0 Å². The zero-order valence-electron chi connectivity index (χ0n) is 8.22. The summed E-state index contributed by atoms with van der Waals surface area (Å²) in [6, 6.07) is 1.92. The molecule has 0 bridgehead atoms. The molecule has 15 heavy (non-hydrogen) atoms. The number of fused-ring (bicyclic) bond motifs is 1. The first kappa shape index (κ1) is 10.0. The van der Waals surface area contributed by atoms with E-state index in [1.807, 2.05) is 6.92 Å². The highest BCUT2D eigenvalue weighted by molar-refractivity contribution is 5.75. The van der Waals surface area contributed by atoms with E-state index in [0.717, 1.165) is 12.1 Å². The van der Waals surface area contributed by atoms with Gasteiger partial charge in [0.1, 0.15) is 5.82 Å². The van der Waals surface area contributed by atoms with Gasteiger partial charge in [0.2, 0.25) is 0 Å².